The van der Waals surface area contributed by atoms with Gasteiger partial charge in [-0.1, -0.05) is 23.7 Å². The SMILES string of the molecule is CC(=O)N1CCC(C(=O)NCCc2cccc(Cl)c2)CC1. The van der Waals surface area contributed by atoms with Crippen LogP contribution in [0.2, 0.25) is 5.02 Å². The third kappa shape index (κ3) is 4.74. The summed E-state index contributed by atoms with van der Waals surface area (Å²) in [6.45, 7) is 3.56. The second-order valence-corrected chi connectivity index (χ2v) is 5.89. The number of benzene rings is 1. The summed E-state index contributed by atoms with van der Waals surface area (Å²) < 4.78 is 0. The number of halogens is 1. The van der Waals surface area contributed by atoms with Gasteiger partial charge in [-0.05, 0) is 37.0 Å². The van der Waals surface area contributed by atoms with E-state index in [9.17, 15) is 9.59 Å². The summed E-state index contributed by atoms with van der Waals surface area (Å²) >= 11 is 5.93. The lowest BCUT2D eigenvalue weighted by atomic mass is 9.96. The summed E-state index contributed by atoms with van der Waals surface area (Å²) in [4.78, 5) is 25.1. The van der Waals surface area contributed by atoms with Crippen LogP contribution in [0.1, 0.15) is 25.3 Å². The highest BCUT2D eigenvalue weighted by Gasteiger charge is 2.25. The minimum atomic E-state index is 0.0277. The Labute approximate surface area is 130 Å². The summed E-state index contributed by atoms with van der Waals surface area (Å²) in [5.74, 6) is 0.218. The van der Waals surface area contributed by atoms with Crippen LogP contribution in [0.4, 0.5) is 0 Å². The summed E-state index contributed by atoms with van der Waals surface area (Å²) in [5.41, 5.74) is 1.12. The fourth-order valence-electron chi connectivity index (χ4n) is 2.62. The van der Waals surface area contributed by atoms with E-state index in [1.165, 1.54) is 0 Å². The Bertz CT molecular complexity index is 511. The predicted molar refractivity (Wildman–Crippen MR) is 83.1 cm³/mol. The monoisotopic (exact) mass is 308 g/mol. The van der Waals surface area contributed by atoms with Crippen molar-refractivity contribution in [1.82, 2.24) is 10.2 Å². The van der Waals surface area contributed by atoms with Gasteiger partial charge >= 0.3 is 0 Å². The van der Waals surface area contributed by atoms with Crippen molar-refractivity contribution in [3.05, 3.63) is 34.9 Å². The summed E-state index contributed by atoms with van der Waals surface area (Å²) in [6, 6.07) is 7.67. The smallest absolute Gasteiger partial charge is 0.223 e. The van der Waals surface area contributed by atoms with Gasteiger partial charge in [0.05, 0.1) is 0 Å². The van der Waals surface area contributed by atoms with Crippen molar-refractivity contribution >= 4 is 23.4 Å². The quantitative estimate of drug-likeness (QED) is 0.927. The van der Waals surface area contributed by atoms with Crippen LogP contribution >= 0.6 is 11.6 Å². The molecule has 0 spiro atoms. The highest BCUT2D eigenvalue weighted by Crippen LogP contribution is 2.17. The Morgan fingerprint density at radius 1 is 1.33 bits per heavy atom. The van der Waals surface area contributed by atoms with Crippen molar-refractivity contribution in [2.45, 2.75) is 26.2 Å². The molecule has 1 aromatic rings. The lowest BCUT2D eigenvalue weighted by Gasteiger charge is -2.30. The van der Waals surface area contributed by atoms with Crippen molar-refractivity contribution < 1.29 is 9.59 Å². The van der Waals surface area contributed by atoms with Crippen LogP contribution in [-0.2, 0) is 16.0 Å². The number of likely N-dealkylation sites (tertiary alicyclic amines) is 1. The Hall–Kier alpha value is -1.55. The van der Waals surface area contributed by atoms with Gasteiger partial charge in [-0.15, -0.1) is 0 Å². The van der Waals surface area contributed by atoms with Crippen LogP contribution in [0.15, 0.2) is 24.3 Å². The molecule has 0 bridgehead atoms. The lowest BCUT2D eigenvalue weighted by Crippen LogP contribution is -2.42. The molecule has 0 aromatic heterocycles. The van der Waals surface area contributed by atoms with Gasteiger partial charge < -0.3 is 10.2 Å². The number of piperidine rings is 1. The third-order valence-corrected chi connectivity index (χ3v) is 4.15. The fraction of sp³-hybridized carbons (Fsp3) is 0.500. The van der Waals surface area contributed by atoms with E-state index in [1.54, 1.807) is 11.8 Å². The first-order valence-corrected chi connectivity index (χ1v) is 7.71. The molecule has 0 radical (unpaired) electrons. The van der Waals surface area contributed by atoms with E-state index in [0.29, 0.717) is 19.6 Å². The Morgan fingerprint density at radius 2 is 2.05 bits per heavy atom. The van der Waals surface area contributed by atoms with E-state index in [-0.39, 0.29) is 17.7 Å². The number of hydrogen-bond donors (Lipinski definition) is 1. The Kier molecular flexibility index (Phi) is 5.62. The van der Waals surface area contributed by atoms with Gasteiger partial charge in [0.15, 0.2) is 0 Å². The summed E-state index contributed by atoms with van der Waals surface area (Å²) in [7, 11) is 0. The molecular weight excluding hydrogens is 288 g/mol. The molecule has 5 heteroatoms. The van der Waals surface area contributed by atoms with Crippen molar-refractivity contribution in [3.8, 4) is 0 Å². The number of carbonyl (C=O) groups is 2. The van der Waals surface area contributed by atoms with Gasteiger partial charge in [-0.2, -0.15) is 0 Å². The number of nitrogens with one attached hydrogen (secondary N) is 1. The van der Waals surface area contributed by atoms with Crippen LogP contribution in [0.5, 0.6) is 0 Å². The molecule has 2 rings (SSSR count). The van der Waals surface area contributed by atoms with E-state index < -0.39 is 0 Å². The molecule has 0 atom stereocenters. The molecule has 1 aliphatic rings. The maximum atomic E-state index is 12.1. The van der Waals surface area contributed by atoms with E-state index in [0.717, 1.165) is 29.8 Å². The van der Waals surface area contributed by atoms with Gasteiger partial charge in [-0.25, -0.2) is 0 Å². The number of hydrogen-bond acceptors (Lipinski definition) is 2. The maximum Gasteiger partial charge on any atom is 0.223 e. The molecule has 2 amide bonds. The van der Waals surface area contributed by atoms with Crippen LogP contribution in [0.25, 0.3) is 0 Å². The zero-order valence-electron chi connectivity index (χ0n) is 12.3. The van der Waals surface area contributed by atoms with E-state index in [4.69, 9.17) is 11.6 Å². The van der Waals surface area contributed by atoms with E-state index in [2.05, 4.69) is 5.32 Å². The number of nitrogens with zero attached hydrogens (tertiary/aromatic N) is 1. The molecule has 1 aliphatic heterocycles. The highest BCUT2D eigenvalue weighted by molar-refractivity contribution is 6.30. The third-order valence-electron chi connectivity index (χ3n) is 3.91. The van der Waals surface area contributed by atoms with Gasteiger partial charge in [0.1, 0.15) is 0 Å². The minimum Gasteiger partial charge on any atom is -0.356 e. The molecule has 1 aromatic carbocycles. The second-order valence-electron chi connectivity index (χ2n) is 5.45. The minimum absolute atomic E-state index is 0.0277. The first kappa shape index (κ1) is 15.8. The normalized spacial score (nSPS) is 15.8. The largest absolute Gasteiger partial charge is 0.356 e. The summed E-state index contributed by atoms with van der Waals surface area (Å²) in [6.07, 6.45) is 2.28. The zero-order valence-corrected chi connectivity index (χ0v) is 13.0. The second kappa shape index (κ2) is 7.46. The van der Waals surface area contributed by atoms with E-state index >= 15 is 0 Å². The van der Waals surface area contributed by atoms with Gasteiger partial charge in [0.2, 0.25) is 11.8 Å². The molecule has 0 saturated carbocycles. The fourth-order valence-corrected chi connectivity index (χ4v) is 2.84. The van der Waals surface area contributed by atoms with Gasteiger partial charge in [0, 0.05) is 37.5 Å². The van der Waals surface area contributed by atoms with Crippen molar-refractivity contribution in [3.63, 3.8) is 0 Å². The number of amides is 2. The maximum absolute atomic E-state index is 12.1. The lowest BCUT2D eigenvalue weighted by molar-refractivity contribution is -0.133. The molecule has 0 aliphatic carbocycles. The first-order chi connectivity index (χ1) is 10.1. The predicted octanol–water partition coefficient (Wildman–Crippen LogP) is 2.26. The molecule has 1 fully saturated rings. The average molecular weight is 309 g/mol. The van der Waals surface area contributed by atoms with Crippen LogP contribution in [0, 0.1) is 5.92 Å². The van der Waals surface area contributed by atoms with E-state index in [1.807, 2.05) is 24.3 Å². The highest BCUT2D eigenvalue weighted by atomic mass is 35.5. The Balaban J connectivity index is 1.72. The molecule has 114 valence electrons. The number of rotatable bonds is 4. The molecule has 1 heterocycles. The van der Waals surface area contributed by atoms with Crippen molar-refractivity contribution in [2.75, 3.05) is 19.6 Å². The molecular formula is C16H21ClN2O2. The van der Waals surface area contributed by atoms with Gasteiger partial charge in [0.25, 0.3) is 0 Å². The molecule has 21 heavy (non-hydrogen) atoms. The molecule has 1 N–H and O–H groups in total. The molecule has 0 unspecified atom stereocenters. The molecule has 4 nitrogen and oxygen atoms in total. The van der Waals surface area contributed by atoms with Crippen LogP contribution in [0.3, 0.4) is 0 Å². The standard InChI is InChI=1S/C16H21ClN2O2/c1-12(20)19-9-6-14(7-10-19)16(21)18-8-5-13-3-2-4-15(17)11-13/h2-4,11,14H,5-10H2,1H3,(H,18,21). The van der Waals surface area contributed by atoms with Gasteiger partial charge in [-0.3, -0.25) is 9.59 Å². The average Bonchev–Trinajstić information content (AvgIpc) is 2.47. The Morgan fingerprint density at radius 3 is 2.67 bits per heavy atom. The summed E-state index contributed by atoms with van der Waals surface area (Å²) in [5, 5.41) is 3.70. The van der Waals surface area contributed by atoms with Crippen molar-refractivity contribution in [1.29, 1.82) is 0 Å². The van der Waals surface area contributed by atoms with Crippen LogP contribution < -0.4 is 5.32 Å². The van der Waals surface area contributed by atoms with Crippen molar-refractivity contribution in [2.24, 2.45) is 5.92 Å². The molecule has 1 saturated heterocycles. The topological polar surface area (TPSA) is 49.4 Å². The van der Waals surface area contributed by atoms with Crippen LogP contribution in [-0.4, -0.2) is 36.3 Å². The zero-order chi connectivity index (χ0) is 15.2. The number of carbonyl (C=O) groups excluding carboxylic acids is 2. The first-order valence-electron chi connectivity index (χ1n) is 7.34.